The summed E-state index contributed by atoms with van der Waals surface area (Å²) in [6, 6.07) is 6.28. The molecule has 1 saturated carbocycles. The fourth-order valence-electron chi connectivity index (χ4n) is 3.26. The Labute approximate surface area is 116 Å². The number of rotatable bonds is 3. The molecular weight excluding hydrogens is 236 g/mol. The highest BCUT2D eigenvalue weighted by Crippen LogP contribution is 2.42. The van der Waals surface area contributed by atoms with E-state index in [1.54, 1.807) is 0 Å². The van der Waals surface area contributed by atoms with E-state index in [1.807, 2.05) is 6.07 Å². The average molecular weight is 260 g/mol. The number of benzene rings is 1. The summed E-state index contributed by atoms with van der Waals surface area (Å²) in [5.74, 6) is 2.65. The lowest BCUT2D eigenvalue weighted by atomic mass is 9.90. The Hall–Kier alpha value is -1.18. The van der Waals surface area contributed by atoms with Crippen LogP contribution in [0.1, 0.15) is 51.5 Å². The number of hydrogen-bond acceptors (Lipinski definition) is 2. The molecule has 0 bridgehead atoms. The monoisotopic (exact) mass is 260 g/mol. The van der Waals surface area contributed by atoms with Crippen LogP contribution in [-0.2, 0) is 6.42 Å². The second kappa shape index (κ2) is 5.07. The molecule has 1 aliphatic carbocycles. The van der Waals surface area contributed by atoms with Crippen LogP contribution in [0.15, 0.2) is 18.2 Å². The molecule has 0 aromatic heterocycles. The van der Waals surface area contributed by atoms with Crippen molar-refractivity contribution in [3.63, 3.8) is 0 Å². The molecule has 0 saturated heterocycles. The molecule has 0 N–H and O–H groups in total. The molecule has 2 aliphatic rings. The zero-order valence-electron chi connectivity index (χ0n) is 12.1. The van der Waals surface area contributed by atoms with Crippen molar-refractivity contribution in [3.8, 4) is 11.5 Å². The smallest absolute Gasteiger partial charge is 0.165 e. The Bertz CT molecular complexity index is 445. The lowest BCUT2D eigenvalue weighted by molar-refractivity contribution is 0.128. The quantitative estimate of drug-likeness (QED) is 0.804. The van der Waals surface area contributed by atoms with Crippen molar-refractivity contribution in [3.05, 3.63) is 23.8 Å². The van der Waals surface area contributed by atoms with Crippen molar-refractivity contribution >= 4 is 0 Å². The molecule has 2 nitrogen and oxygen atoms in total. The molecule has 1 heterocycles. The first-order valence-electron chi connectivity index (χ1n) is 7.58. The lowest BCUT2D eigenvalue weighted by Crippen LogP contribution is -2.24. The number of para-hydroxylation sites is 1. The first-order valence-corrected chi connectivity index (χ1v) is 7.58. The fraction of sp³-hybridized carbons (Fsp3) is 0.647. The van der Waals surface area contributed by atoms with Crippen LogP contribution >= 0.6 is 0 Å². The summed E-state index contributed by atoms with van der Waals surface area (Å²) >= 11 is 0. The fourth-order valence-corrected chi connectivity index (χ4v) is 3.26. The molecule has 104 valence electrons. The zero-order valence-corrected chi connectivity index (χ0v) is 12.1. The predicted octanol–water partition coefficient (Wildman–Crippen LogP) is 4.36. The van der Waals surface area contributed by atoms with Gasteiger partial charge in [-0.25, -0.2) is 0 Å². The van der Waals surface area contributed by atoms with E-state index in [-0.39, 0.29) is 5.60 Å². The highest BCUT2D eigenvalue weighted by atomic mass is 16.5. The van der Waals surface area contributed by atoms with Gasteiger partial charge in [0.2, 0.25) is 0 Å². The van der Waals surface area contributed by atoms with Gasteiger partial charge in [0.05, 0.1) is 6.61 Å². The van der Waals surface area contributed by atoms with Gasteiger partial charge in [0.1, 0.15) is 5.60 Å². The predicted molar refractivity (Wildman–Crippen MR) is 76.9 cm³/mol. The van der Waals surface area contributed by atoms with Gasteiger partial charge in [-0.05, 0) is 38.7 Å². The molecule has 3 rings (SSSR count). The van der Waals surface area contributed by atoms with Gasteiger partial charge in [0.15, 0.2) is 11.5 Å². The van der Waals surface area contributed by atoms with E-state index >= 15 is 0 Å². The molecule has 19 heavy (non-hydrogen) atoms. The summed E-state index contributed by atoms with van der Waals surface area (Å²) in [4.78, 5) is 0. The molecule has 0 radical (unpaired) electrons. The lowest BCUT2D eigenvalue weighted by Gasteiger charge is -2.23. The highest BCUT2D eigenvalue weighted by molar-refractivity contribution is 5.50. The van der Waals surface area contributed by atoms with Crippen molar-refractivity contribution in [1.29, 1.82) is 0 Å². The topological polar surface area (TPSA) is 18.5 Å². The van der Waals surface area contributed by atoms with E-state index in [0.29, 0.717) is 0 Å². The normalized spacial score (nSPS) is 21.8. The van der Waals surface area contributed by atoms with Gasteiger partial charge in [-0.1, -0.05) is 31.4 Å². The summed E-state index contributed by atoms with van der Waals surface area (Å²) in [6.45, 7) is 5.12. The Balaban J connectivity index is 1.67. The van der Waals surface area contributed by atoms with Gasteiger partial charge in [-0.2, -0.15) is 0 Å². The number of hydrogen-bond donors (Lipinski definition) is 0. The van der Waals surface area contributed by atoms with Crippen molar-refractivity contribution in [2.24, 2.45) is 5.92 Å². The second-order valence-electron chi connectivity index (χ2n) is 6.60. The molecule has 2 heteroatoms. The first kappa shape index (κ1) is 12.8. The van der Waals surface area contributed by atoms with Crippen LogP contribution < -0.4 is 9.47 Å². The third-order valence-electron chi connectivity index (χ3n) is 4.25. The Morgan fingerprint density at radius 1 is 1.21 bits per heavy atom. The second-order valence-corrected chi connectivity index (χ2v) is 6.60. The highest BCUT2D eigenvalue weighted by Gasteiger charge is 2.32. The Kier molecular flexibility index (Phi) is 3.42. The van der Waals surface area contributed by atoms with Crippen molar-refractivity contribution in [1.82, 2.24) is 0 Å². The Morgan fingerprint density at radius 2 is 2.00 bits per heavy atom. The maximum atomic E-state index is 6.06. The van der Waals surface area contributed by atoms with Crippen molar-refractivity contribution < 1.29 is 9.47 Å². The molecule has 0 amide bonds. The minimum Gasteiger partial charge on any atom is -0.489 e. The zero-order chi connectivity index (χ0) is 13.3. The third-order valence-corrected chi connectivity index (χ3v) is 4.25. The average Bonchev–Trinajstić information content (AvgIpc) is 2.72. The molecular formula is C17H24O2. The molecule has 1 aliphatic heterocycles. The molecule has 1 fully saturated rings. The number of ether oxygens (including phenoxy) is 2. The molecule has 0 unspecified atom stereocenters. The molecule has 0 spiro atoms. The van der Waals surface area contributed by atoms with Crippen LogP contribution in [0.5, 0.6) is 11.5 Å². The van der Waals surface area contributed by atoms with E-state index in [0.717, 1.165) is 30.4 Å². The third kappa shape index (κ3) is 2.88. The maximum absolute atomic E-state index is 6.06. The SMILES string of the molecule is CC1(C)Cc2cccc(OCC3CCCCC3)c2O1. The van der Waals surface area contributed by atoms with E-state index in [4.69, 9.17) is 9.47 Å². The van der Waals surface area contributed by atoms with Crippen molar-refractivity contribution in [2.45, 2.75) is 58.0 Å². The van der Waals surface area contributed by atoms with Crippen LogP contribution in [0.2, 0.25) is 0 Å². The van der Waals surface area contributed by atoms with Gasteiger partial charge in [0, 0.05) is 12.0 Å². The standard InChI is InChI=1S/C17H24O2/c1-17(2)11-14-9-6-10-15(16(14)19-17)18-12-13-7-4-3-5-8-13/h6,9-10,13H,3-5,7-8,11-12H2,1-2H3. The minimum absolute atomic E-state index is 0.0906. The first-order chi connectivity index (χ1) is 9.14. The van der Waals surface area contributed by atoms with Crippen LogP contribution in [0.3, 0.4) is 0 Å². The van der Waals surface area contributed by atoms with Crippen LogP contribution in [-0.4, -0.2) is 12.2 Å². The van der Waals surface area contributed by atoms with Gasteiger partial charge in [-0.3, -0.25) is 0 Å². The largest absolute Gasteiger partial charge is 0.489 e. The van der Waals surface area contributed by atoms with E-state index in [1.165, 1.54) is 37.7 Å². The summed E-state index contributed by atoms with van der Waals surface area (Å²) < 4.78 is 12.1. The Morgan fingerprint density at radius 3 is 2.79 bits per heavy atom. The maximum Gasteiger partial charge on any atom is 0.165 e. The summed E-state index contributed by atoms with van der Waals surface area (Å²) in [5, 5.41) is 0. The van der Waals surface area contributed by atoms with Gasteiger partial charge in [0.25, 0.3) is 0 Å². The van der Waals surface area contributed by atoms with E-state index in [9.17, 15) is 0 Å². The molecule has 1 aromatic carbocycles. The van der Waals surface area contributed by atoms with Crippen LogP contribution in [0, 0.1) is 5.92 Å². The molecule has 1 aromatic rings. The number of fused-ring (bicyclic) bond motifs is 1. The summed E-state index contributed by atoms with van der Waals surface area (Å²) in [7, 11) is 0. The van der Waals surface area contributed by atoms with Crippen LogP contribution in [0.4, 0.5) is 0 Å². The minimum atomic E-state index is -0.0906. The van der Waals surface area contributed by atoms with E-state index in [2.05, 4.69) is 26.0 Å². The van der Waals surface area contributed by atoms with Gasteiger partial charge in [-0.15, -0.1) is 0 Å². The van der Waals surface area contributed by atoms with Crippen molar-refractivity contribution in [2.75, 3.05) is 6.61 Å². The van der Waals surface area contributed by atoms with Gasteiger partial charge < -0.3 is 9.47 Å². The van der Waals surface area contributed by atoms with E-state index < -0.39 is 0 Å². The molecule has 0 atom stereocenters. The van der Waals surface area contributed by atoms with Crippen LogP contribution in [0.25, 0.3) is 0 Å². The summed E-state index contributed by atoms with van der Waals surface area (Å²) in [5.41, 5.74) is 1.19. The van der Waals surface area contributed by atoms with Gasteiger partial charge >= 0.3 is 0 Å². The summed E-state index contributed by atoms with van der Waals surface area (Å²) in [6.07, 6.45) is 7.75.